The van der Waals surface area contributed by atoms with E-state index in [0.717, 1.165) is 11.1 Å². The molecular weight excluding hydrogens is 244 g/mol. The molecule has 6 heteroatoms. The van der Waals surface area contributed by atoms with Gasteiger partial charge in [0.05, 0.1) is 17.3 Å². The smallest absolute Gasteiger partial charge is 0.277 e. The Hall–Kier alpha value is -2.76. The molecule has 1 N–H and O–H groups in total. The van der Waals surface area contributed by atoms with Crippen LogP contribution in [0.25, 0.3) is 11.0 Å². The minimum atomic E-state index is -0.369. The van der Waals surface area contributed by atoms with Crippen LogP contribution in [0.2, 0.25) is 0 Å². The highest BCUT2D eigenvalue weighted by Crippen LogP contribution is 2.22. The molecule has 0 radical (unpaired) electrons. The van der Waals surface area contributed by atoms with Gasteiger partial charge in [0.25, 0.3) is 5.91 Å². The topological polar surface area (TPSA) is 80.9 Å². The molecule has 0 unspecified atom stereocenters. The molecule has 1 aromatic carbocycles. The van der Waals surface area contributed by atoms with Crippen LogP contribution in [-0.2, 0) is 0 Å². The minimum Gasteiger partial charge on any atom is -0.354 e. The number of fused-ring (bicyclic) bond motifs is 1. The van der Waals surface area contributed by atoms with Gasteiger partial charge in [-0.15, -0.1) is 0 Å². The third kappa shape index (κ3) is 2.15. The van der Waals surface area contributed by atoms with E-state index < -0.39 is 0 Å². The third-order valence-corrected chi connectivity index (χ3v) is 2.62. The number of benzene rings is 1. The van der Waals surface area contributed by atoms with Crippen LogP contribution in [-0.4, -0.2) is 21.0 Å². The minimum absolute atomic E-state index is 0.234. The molecule has 0 fully saturated rings. The van der Waals surface area contributed by atoms with Gasteiger partial charge in [-0.05, 0) is 19.1 Å². The van der Waals surface area contributed by atoms with Crippen molar-refractivity contribution < 1.29 is 9.32 Å². The summed E-state index contributed by atoms with van der Waals surface area (Å²) in [5, 5.41) is 7.22. The van der Waals surface area contributed by atoms with Gasteiger partial charge in [-0.2, -0.15) is 0 Å². The summed E-state index contributed by atoms with van der Waals surface area (Å²) in [6.07, 6.45) is 2.96. The lowest BCUT2D eigenvalue weighted by atomic mass is 10.2. The first-order chi connectivity index (χ1) is 9.24. The number of nitrogens with one attached hydrogen (secondary N) is 1. The molecule has 3 aromatic rings. The number of anilines is 1. The van der Waals surface area contributed by atoms with Gasteiger partial charge >= 0.3 is 0 Å². The summed E-state index contributed by atoms with van der Waals surface area (Å²) in [4.78, 5) is 20.0. The Kier molecular flexibility index (Phi) is 2.68. The Bertz CT molecular complexity index is 734. The number of nitrogens with zero attached hydrogens (tertiary/aromatic N) is 3. The van der Waals surface area contributed by atoms with Crippen LogP contribution in [0.1, 0.15) is 16.2 Å². The fourth-order valence-corrected chi connectivity index (χ4v) is 1.66. The van der Waals surface area contributed by atoms with Crippen molar-refractivity contribution >= 4 is 22.7 Å². The molecular formula is C13H10N4O2. The van der Waals surface area contributed by atoms with Crippen LogP contribution in [0, 0.1) is 6.92 Å². The van der Waals surface area contributed by atoms with Crippen molar-refractivity contribution in [1.29, 1.82) is 0 Å². The number of carbonyl (C=O) groups is 1. The molecule has 19 heavy (non-hydrogen) atoms. The number of hydrogen-bond acceptors (Lipinski definition) is 5. The second-order valence-corrected chi connectivity index (χ2v) is 4.02. The summed E-state index contributed by atoms with van der Waals surface area (Å²) >= 11 is 0. The lowest BCUT2D eigenvalue weighted by Gasteiger charge is -2.00. The van der Waals surface area contributed by atoms with Gasteiger partial charge in [0, 0.05) is 6.20 Å². The fraction of sp³-hybridized carbons (Fsp3) is 0.0769. The Morgan fingerprint density at radius 3 is 2.84 bits per heavy atom. The molecule has 6 nitrogen and oxygen atoms in total. The summed E-state index contributed by atoms with van der Waals surface area (Å²) in [5.74, 6) is 0.00882. The zero-order valence-electron chi connectivity index (χ0n) is 10.1. The monoisotopic (exact) mass is 254 g/mol. The fourth-order valence-electron chi connectivity index (χ4n) is 1.66. The van der Waals surface area contributed by atoms with Crippen molar-refractivity contribution in [3.05, 3.63) is 48.0 Å². The molecule has 0 aliphatic carbocycles. The molecule has 3 rings (SSSR count). The summed E-state index contributed by atoms with van der Waals surface area (Å²) < 4.78 is 5.10. The van der Waals surface area contributed by atoms with Crippen molar-refractivity contribution in [3.8, 4) is 0 Å². The number of para-hydroxylation sites is 1. The maximum atomic E-state index is 12.0. The van der Waals surface area contributed by atoms with E-state index in [2.05, 4.69) is 20.4 Å². The van der Waals surface area contributed by atoms with Gasteiger partial charge in [0.1, 0.15) is 5.69 Å². The van der Waals surface area contributed by atoms with Crippen LogP contribution in [0.15, 0.2) is 41.2 Å². The maximum Gasteiger partial charge on any atom is 0.277 e. The molecule has 2 aromatic heterocycles. The SMILES string of the molecule is Cc1cnc(C(=O)Nc2noc3ccccc23)cn1. The Morgan fingerprint density at radius 2 is 2.05 bits per heavy atom. The van der Waals surface area contributed by atoms with Gasteiger partial charge in [0.15, 0.2) is 11.4 Å². The van der Waals surface area contributed by atoms with E-state index in [1.54, 1.807) is 13.0 Å². The van der Waals surface area contributed by atoms with Gasteiger partial charge in [-0.3, -0.25) is 9.78 Å². The van der Waals surface area contributed by atoms with Crippen molar-refractivity contribution in [2.45, 2.75) is 6.92 Å². The molecule has 2 heterocycles. The predicted octanol–water partition coefficient (Wildman–Crippen LogP) is 2.18. The van der Waals surface area contributed by atoms with Crippen molar-refractivity contribution in [2.24, 2.45) is 0 Å². The third-order valence-electron chi connectivity index (χ3n) is 2.62. The molecule has 0 bridgehead atoms. The van der Waals surface area contributed by atoms with Crippen molar-refractivity contribution in [1.82, 2.24) is 15.1 Å². The molecule has 0 spiro atoms. The quantitative estimate of drug-likeness (QED) is 0.758. The highest BCUT2D eigenvalue weighted by Gasteiger charge is 2.13. The van der Waals surface area contributed by atoms with Gasteiger partial charge in [0.2, 0.25) is 0 Å². The summed E-state index contributed by atoms with van der Waals surface area (Å²) in [6, 6.07) is 7.29. The summed E-state index contributed by atoms with van der Waals surface area (Å²) in [5.41, 5.74) is 1.61. The standard InChI is InChI=1S/C13H10N4O2/c1-8-6-15-10(7-14-8)13(18)16-12-9-4-2-3-5-11(9)19-17-12/h2-7H,1H3,(H,16,17,18). The molecule has 0 aliphatic rings. The Balaban J connectivity index is 1.89. The number of rotatable bonds is 2. The van der Waals surface area contributed by atoms with Crippen molar-refractivity contribution in [3.63, 3.8) is 0 Å². The highest BCUT2D eigenvalue weighted by atomic mass is 16.5. The molecule has 0 aliphatic heterocycles. The molecule has 94 valence electrons. The van der Waals surface area contributed by atoms with Crippen molar-refractivity contribution in [2.75, 3.05) is 5.32 Å². The van der Waals surface area contributed by atoms with Gasteiger partial charge in [-0.1, -0.05) is 17.3 Å². The van der Waals surface area contributed by atoms with E-state index in [4.69, 9.17) is 4.52 Å². The van der Waals surface area contributed by atoms with E-state index in [1.807, 2.05) is 18.2 Å². The second-order valence-electron chi connectivity index (χ2n) is 4.02. The second kappa shape index (κ2) is 4.49. The zero-order valence-corrected chi connectivity index (χ0v) is 10.1. The Labute approximate surface area is 108 Å². The number of carbonyl (C=O) groups excluding carboxylic acids is 1. The summed E-state index contributed by atoms with van der Waals surface area (Å²) in [6.45, 7) is 1.81. The zero-order chi connectivity index (χ0) is 13.2. The van der Waals surface area contributed by atoms with E-state index >= 15 is 0 Å². The average Bonchev–Trinajstić information content (AvgIpc) is 2.83. The van der Waals surface area contributed by atoms with Gasteiger partial charge in [-0.25, -0.2) is 4.98 Å². The normalized spacial score (nSPS) is 10.6. The first-order valence-corrected chi connectivity index (χ1v) is 5.68. The van der Waals surface area contributed by atoms with Crippen LogP contribution in [0.3, 0.4) is 0 Å². The van der Waals surface area contributed by atoms with E-state index in [-0.39, 0.29) is 11.6 Å². The summed E-state index contributed by atoms with van der Waals surface area (Å²) in [7, 11) is 0. The maximum absolute atomic E-state index is 12.0. The lowest BCUT2D eigenvalue weighted by molar-refractivity contribution is 0.102. The number of hydrogen-bond donors (Lipinski definition) is 1. The van der Waals surface area contributed by atoms with E-state index in [0.29, 0.717) is 11.4 Å². The van der Waals surface area contributed by atoms with Gasteiger partial charge < -0.3 is 9.84 Å². The van der Waals surface area contributed by atoms with Crippen LogP contribution in [0.5, 0.6) is 0 Å². The average molecular weight is 254 g/mol. The first-order valence-electron chi connectivity index (χ1n) is 5.68. The predicted molar refractivity (Wildman–Crippen MR) is 68.7 cm³/mol. The Morgan fingerprint density at radius 1 is 1.21 bits per heavy atom. The number of aryl methyl sites for hydroxylation is 1. The molecule has 1 amide bonds. The molecule has 0 atom stereocenters. The lowest BCUT2D eigenvalue weighted by Crippen LogP contribution is -2.14. The number of amides is 1. The first kappa shape index (κ1) is 11.3. The largest absolute Gasteiger partial charge is 0.354 e. The highest BCUT2D eigenvalue weighted by molar-refractivity contribution is 6.06. The van der Waals surface area contributed by atoms with Crippen LogP contribution in [0.4, 0.5) is 5.82 Å². The van der Waals surface area contributed by atoms with Crippen LogP contribution >= 0.6 is 0 Å². The van der Waals surface area contributed by atoms with E-state index in [9.17, 15) is 4.79 Å². The van der Waals surface area contributed by atoms with E-state index in [1.165, 1.54) is 12.4 Å². The molecule has 0 saturated carbocycles. The molecule has 0 saturated heterocycles. The van der Waals surface area contributed by atoms with Crippen LogP contribution < -0.4 is 5.32 Å². The number of aromatic nitrogens is 3.